The highest BCUT2D eigenvalue weighted by Gasteiger charge is 2.13. The fourth-order valence-corrected chi connectivity index (χ4v) is 3.15. The highest BCUT2D eigenvalue weighted by Crippen LogP contribution is 2.32. The molecule has 0 aliphatic rings. The quantitative estimate of drug-likeness (QED) is 0.684. The van der Waals surface area contributed by atoms with Crippen molar-refractivity contribution in [2.75, 3.05) is 7.11 Å². The van der Waals surface area contributed by atoms with Gasteiger partial charge in [0.1, 0.15) is 5.75 Å². The number of thioether (sulfide) groups is 2. The summed E-state index contributed by atoms with van der Waals surface area (Å²) < 4.78 is 6.03. The molecule has 114 valence electrons. The van der Waals surface area contributed by atoms with E-state index in [1.165, 1.54) is 11.1 Å². The molecule has 1 nitrogen and oxygen atoms in total. The highest BCUT2D eigenvalue weighted by molar-refractivity contribution is 8.00. The first-order valence-corrected chi connectivity index (χ1v) is 9.01. The van der Waals surface area contributed by atoms with Crippen LogP contribution in [0.5, 0.6) is 5.75 Å². The summed E-state index contributed by atoms with van der Waals surface area (Å²) in [6.07, 6.45) is 0. The van der Waals surface area contributed by atoms with Gasteiger partial charge in [0.25, 0.3) is 0 Å². The summed E-state index contributed by atoms with van der Waals surface area (Å²) >= 11 is 3.95. The van der Waals surface area contributed by atoms with Crippen LogP contribution in [0.15, 0.2) is 18.2 Å². The van der Waals surface area contributed by atoms with Gasteiger partial charge in [0.2, 0.25) is 0 Å². The smallest absolute Gasteiger partial charge is 0.119 e. The lowest BCUT2D eigenvalue weighted by Gasteiger charge is -2.19. The molecule has 0 radical (unpaired) electrons. The predicted molar refractivity (Wildman–Crippen MR) is 95.1 cm³/mol. The molecule has 0 atom stereocenters. The first kappa shape index (κ1) is 17.8. The van der Waals surface area contributed by atoms with Crippen molar-refractivity contribution in [2.45, 2.75) is 62.5 Å². The van der Waals surface area contributed by atoms with Crippen LogP contribution >= 0.6 is 23.5 Å². The van der Waals surface area contributed by atoms with Crippen LogP contribution < -0.4 is 4.74 Å². The van der Waals surface area contributed by atoms with Crippen LogP contribution in [-0.4, -0.2) is 16.6 Å². The van der Waals surface area contributed by atoms with Crippen LogP contribution in [0.25, 0.3) is 0 Å². The second-order valence-corrected chi connectivity index (χ2v) is 10.6. The Bertz CT molecular complexity index is 391. The fraction of sp³-hybridized carbons (Fsp3) is 0.647. The van der Waals surface area contributed by atoms with E-state index >= 15 is 0 Å². The highest BCUT2D eigenvalue weighted by atomic mass is 32.2. The molecule has 0 aromatic heterocycles. The Morgan fingerprint density at radius 2 is 1.20 bits per heavy atom. The molecule has 1 aromatic carbocycles. The van der Waals surface area contributed by atoms with Gasteiger partial charge in [-0.2, -0.15) is 23.5 Å². The van der Waals surface area contributed by atoms with E-state index in [0.29, 0.717) is 9.49 Å². The molecule has 20 heavy (non-hydrogen) atoms. The average molecular weight is 313 g/mol. The van der Waals surface area contributed by atoms with Gasteiger partial charge in [-0.25, -0.2) is 0 Å². The summed E-state index contributed by atoms with van der Waals surface area (Å²) in [5.74, 6) is 3.04. The number of methoxy groups -OCH3 is 1. The first-order valence-electron chi connectivity index (χ1n) is 7.04. The van der Waals surface area contributed by atoms with Crippen molar-refractivity contribution < 1.29 is 4.74 Å². The number of rotatable bonds is 5. The largest absolute Gasteiger partial charge is 0.497 e. The summed E-state index contributed by atoms with van der Waals surface area (Å²) in [6, 6.07) is 6.63. The summed E-state index contributed by atoms with van der Waals surface area (Å²) in [4.78, 5) is 0. The van der Waals surface area contributed by atoms with Crippen molar-refractivity contribution in [3.05, 3.63) is 29.3 Å². The zero-order valence-electron chi connectivity index (χ0n) is 13.9. The van der Waals surface area contributed by atoms with Crippen LogP contribution in [-0.2, 0) is 11.5 Å². The van der Waals surface area contributed by atoms with E-state index in [2.05, 4.69) is 59.7 Å². The van der Waals surface area contributed by atoms with E-state index in [9.17, 15) is 0 Å². The van der Waals surface area contributed by atoms with Crippen LogP contribution in [0, 0.1) is 0 Å². The molecular formula is C17H28OS2. The maximum absolute atomic E-state index is 5.44. The summed E-state index contributed by atoms with van der Waals surface area (Å²) in [7, 11) is 1.75. The number of ether oxygens (including phenoxy) is 1. The summed E-state index contributed by atoms with van der Waals surface area (Å²) in [5, 5.41) is 0. The van der Waals surface area contributed by atoms with E-state index in [0.717, 1.165) is 17.3 Å². The Morgan fingerprint density at radius 1 is 0.800 bits per heavy atom. The molecule has 0 spiro atoms. The van der Waals surface area contributed by atoms with Gasteiger partial charge in [-0.3, -0.25) is 0 Å². The molecule has 0 amide bonds. The Hall–Kier alpha value is -0.280. The maximum Gasteiger partial charge on any atom is 0.119 e. The zero-order valence-corrected chi connectivity index (χ0v) is 15.5. The lowest BCUT2D eigenvalue weighted by Crippen LogP contribution is -2.08. The first-order chi connectivity index (χ1) is 9.09. The topological polar surface area (TPSA) is 9.23 Å². The number of benzene rings is 1. The number of hydrogen-bond donors (Lipinski definition) is 0. The summed E-state index contributed by atoms with van der Waals surface area (Å²) in [5.41, 5.74) is 2.71. The Kier molecular flexibility index (Phi) is 6.33. The molecule has 0 unspecified atom stereocenters. The minimum Gasteiger partial charge on any atom is -0.497 e. The van der Waals surface area contributed by atoms with Gasteiger partial charge in [0.15, 0.2) is 0 Å². The van der Waals surface area contributed by atoms with Crippen molar-refractivity contribution >= 4 is 23.5 Å². The second kappa shape index (κ2) is 7.13. The molecule has 0 N–H and O–H groups in total. The molecule has 0 aliphatic carbocycles. The third kappa shape index (κ3) is 7.49. The van der Waals surface area contributed by atoms with Crippen molar-refractivity contribution in [3.63, 3.8) is 0 Å². The van der Waals surface area contributed by atoms with Crippen LogP contribution in [0.4, 0.5) is 0 Å². The van der Waals surface area contributed by atoms with Crippen molar-refractivity contribution in [3.8, 4) is 5.75 Å². The molecule has 1 aromatic rings. The van der Waals surface area contributed by atoms with Gasteiger partial charge in [-0.1, -0.05) is 47.6 Å². The third-order valence-corrected chi connectivity index (χ3v) is 5.29. The number of hydrogen-bond acceptors (Lipinski definition) is 3. The molecular weight excluding hydrogens is 284 g/mol. The van der Waals surface area contributed by atoms with Gasteiger partial charge in [0, 0.05) is 21.0 Å². The Balaban J connectivity index is 2.80. The lowest BCUT2D eigenvalue weighted by atomic mass is 10.1. The van der Waals surface area contributed by atoms with Gasteiger partial charge < -0.3 is 4.74 Å². The van der Waals surface area contributed by atoms with Crippen molar-refractivity contribution in [1.29, 1.82) is 0 Å². The van der Waals surface area contributed by atoms with Crippen LogP contribution in [0.1, 0.15) is 52.7 Å². The lowest BCUT2D eigenvalue weighted by molar-refractivity contribution is 0.414. The molecule has 0 heterocycles. The van der Waals surface area contributed by atoms with Crippen molar-refractivity contribution in [2.24, 2.45) is 0 Å². The fourth-order valence-electron chi connectivity index (χ4n) is 1.61. The molecule has 0 saturated heterocycles. The molecule has 0 saturated carbocycles. The van der Waals surface area contributed by atoms with Crippen LogP contribution in [0.3, 0.4) is 0 Å². The second-order valence-electron chi connectivity index (χ2n) is 6.99. The van der Waals surface area contributed by atoms with Gasteiger partial charge in [-0.05, 0) is 23.3 Å². The van der Waals surface area contributed by atoms with E-state index in [1.807, 2.05) is 23.5 Å². The standard InChI is InChI=1S/C17H28OS2/c1-16(2,3)19-11-13-8-14(10-15(9-13)18-7)12-20-17(4,5)6/h8-10H,11-12H2,1-7H3. The van der Waals surface area contributed by atoms with E-state index in [-0.39, 0.29) is 0 Å². The van der Waals surface area contributed by atoms with Crippen LogP contribution in [0.2, 0.25) is 0 Å². The average Bonchev–Trinajstić information content (AvgIpc) is 2.32. The Morgan fingerprint density at radius 3 is 1.50 bits per heavy atom. The van der Waals surface area contributed by atoms with Gasteiger partial charge >= 0.3 is 0 Å². The van der Waals surface area contributed by atoms with Crippen molar-refractivity contribution in [1.82, 2.24) is 0 Å². The van der Waals surface area contributed by atoms with Gasteiger partial charge in [-0.15, -0.1) is 0 Å². The SMILES string of the molecule is COc1cc(CSC(C)(C)C)cc(CSC(C)(C)C)c1. The van der Waals surface area contributed by atoms with E-state index in [1.54, 1.807) is 7.11 Å². The molecule has 0 aliphatic heterocycles. The Labute approximate surface area is 133 Å². The zero-order chi connectivity index (χ0) is 15.4. The van der Waals surface area contributed by atoms with Gasteiger partial charge in [0.05, 0.1) is 7.11 Å². The minimum absolute atomic E-state index is 0.295. The normalized spacial score (nSPS) is 12.6. The minimum atomic E-state index is 0.295. The maximum atomic E-state index is 5.44. The summed E-state index contributed by atoms with van der Waals surface area (Å²) in [6.45, 7) is 13.5. The molecule has 0 fully saturated rings. The van der Waals surface area contributed by atoms with E-state index in [4.69, 9.17) is 4.74 Å². The molecule has 3 heteroatoms. The predicted octanol–water partition coefficient (Wildman–Crippen LogP) is 5.76. The van der Waals surface area contributed by atoms with E-state index < -0.39 is 0 Å². The molecule has 1 rings (SSSR count). The molecule has 0 bridgehead atoms. The monoisotopic (exact) mass is 312 g/mol. The third-order valence-electron chi connectivity index (χ3n) is 2.61.